The van der Waals surface area contributed by atoms with Crippen LogP contribution in [0.25, 0.3) is 0 Å². The molecule has 5 nitrogen and oxygen atoms in total. The first-order valence-electron chi connectivity index (χ1n) is 8.93. The second-order valence-electron chi connectivity index (χ2n) is 7.87. The second kappa shape index (κ2) is 7.44. The lowest BCUT2D eigenvalue weighted by Crippen LogP contribution is -2.34. The first kappa shape index (κ1) is 19.3. The Morgan fingerprint density at radius 3 is 2.62 bits per heavy atom. The lowest BCUT2D eigenvalue weighted by molar-refractivity contribution is -0.129. The molecule has 1 aliphatic carbocycles. The zero-order valence-corrected chi connectivity index (χ0v) is 16.1. The molecule has 1 aliphatic heterocycles. The summed E-state index contributed by atoms with van der Waals surface area (Å²) in [6.45, 7) is 11.1. The van der Waals surface area contributed by atoms with E-state index in [-0.39, 0.29) is 24.4 Å². The van der Waals surface area contributed by atoms with Gasteiger partial charge in [0.1, 0.15) is 0 Å². The summed E-state index contributed by atoms with van der Waals surface area (Å²) in [7, 11) is 0. The molecule has 0 bridgehead atoms. The Hall–Kier alpha value is -1.07. The highest BCUT2D eigenvalue weighted by atomic mass is 35.5. The van der Waals surface area contributed by atoms with Crippen LogP contribution in [0.1, 0.15) is 43.6 Å². The van der Waals surface area contributed by atoms with E-state index in [0.717, 1.165) is 43.0 Å². The topological polar surface area (TPSA) is 64.2 Å². The monoisotopic (exact) mass is 354 g/mol. The highest BCUT2D eigenvalue weighted by Gasteiger charge is 2.42. The number of hydrogen-bond donors (Lipinski definition) is 1. The Balaban J connectivity index is 0.00000208. The van der Waals surface area contributed by atoms with Crippen LogP contribution in [-0.4, -0.2) is 39.7 Å². The molecule has 1 aromatic rings. The molecule has 0 spiro atoms. The smallest absolute Gasteiger partial charge is 0.227 e. The van der Waals surface area contributed by atoms with Gasteiger partial charge in [-0.1, -0.05) is 13.8 Å². The number of hydrogen-bond acceptors (Lipinski definition) is 3. The van der Waals surface area contributed by atoms with E-state index in [4.69, 9.17) is 5.73 Å². The molecule has 2 heterocycles. The van der Waals surface area contributed by atoms with Gasteiger partial charge in [-0.2, -0.15) is 5.10 Å². The molecule has 3 atom stereocenters. The lowest BCUT2D eigenvalue weighted by Gasteiger charge is -2.19. The van der Waals surface area contributed by atoms with Crippen LogP contribution < -0.4 is 5.73 Å². The largest absolute Gasteiger partial charge is 0.342 e. The number of aryl methyl sites for hydroxylation is 1. The van der Waals surface area contributed by atoms with Crippen molar-refractivity contribution in [3.05, 3.63) is 17.0 Å². The van der Waals surface area contributed by atoms with Gasteiger partial charge in [0, 0.05) is 36.9 Å². The molecule has 1 saturated carbocycles. The zero-order chi connectivity index (χ0) is 16.7. The normalized spacial score (nSPS) is 25.9. The SMILES string of the molecule is Cc1nn(CC(C)C)c(C)c1CC(=O)N1CC2CCC(N)C2C1.Cl. The van der Waals surface area contributed by atoms with Gasteiger partial charge >= 0.3 is 0 Å². The quantitative estimate of drug-likeness (QED) is 0.902. The Kier molecular flexibility index (Phi) is 5.97. The van der Waals surface area contributed by atoms with Crippen molar-refractivity contribution in [2.75, 3.05) is 13.1 Å². The van der Waals surface area contributed by atoms with Crippen molar-refractivity contribution in [2.45, 2.75) is 59.5 Å². The number of carbonyl (C=O) groups is 1. The Morgan fingerprint density at radius 1 is 1.29 bits per heavy atom. The molecule has 3 unspecified atom stereocenters. The number of nitrogens with zero attached hydrogens (tertiary/aromatic N) is 3. The maximum Gasteiger partial charge on any atom is 0.227 e. The van der Waals surface area contributed by atoms with Gasteiger partial charge in [0.25, 0.3) is 0 Å². The second-order valence-corrected chi connectivity index (χ2v) is 7.87. The van der Waals surface area contributed by atoms with E-state index in [0.29, 0.717) is 24.2 Å². The van der Waals surface area contributed by atoms with Gasteiger partial charge in [-0.3, -0.25) is 9.48 Å². The maximum absolute atomic E-state index is 12.7. The number of nitrogens with two attached hydrogens (primary N) is 1. The number of carbonyl (C=O) groups excluding carboxylic acids is 1. The molecule has 0 radical (unpaired) electrons. The van der Waals surface area contributed by atoms with Crippen molar-refractivity contribution in [1.82, 2.24) is 14.7 Å². The maximum atomic E-state index is 12.7. The van der Waals surface area contributed by atoms with Crippen molar-refractivity contribution in [1.29, 1.82) is 0 Å². The van der Waals surface area contributed by atoms with Crippen LogP contribution >= 0.6 is 12.4 Å². The molecular weight excluding hydrogens is 324 g/mol. The van der Waals surface area contributed by atoms with Gasteiger partial charge in [-0.15, -0.1) is 12.4 Å². The number of likely N-dealkylation sites (tertiary alicyclic amines) is 1. The van der Waals surface area contributed by atoms with Gasteiger partial charge < -0.3 is 10.6 Å². The summed E-state index contributed by atoms with van der Waals surface area (Å²) in [4.78, 5) is 14.8. The molecule has 1 saturated heterocycles. The number of rotatable bonds is 4. The summed E-state index contributed by atoms with van der Waals surface area (Å²) in [5.74, 6) is 1.93. The fourth-order valence-electron chi connectivity index (χ4n) is 4.29. The molecule has 1 amide bonds. The average Bonchev–Trinajstić information content (AvgIpc) is 3.11. The van der Waals surface area contributed by atoms with Gasteiger partial charge in [0.15, 0.2) is 0 Å². The van der Waals surface area contributed by atoms with E-state index in [9.17, 15) is 4.79 Å². The third-order valence-electron chi connectivity index (χ3n) is 5.66. The molecule has 2 aliphatic rings. The van der Waals surface area contributed by atoms with Crippen molar-refractivity contribution < 1.29 is 4.79 Å². The van der Waals surface area contributed by atoms with E-state index >= 15 is 0 Å². The van der Waals surface area contributed by atoms with Gasteiger partial charge in [0.05, 0.1) is 12.1 Å². The van der Waals surface area contributed by atoms with Gasteiger partial charge in [0.2, 0.25) is 5.91 Å². The van der Waals surface area contributed by atoms with E-state index in [1.807, 2.05) is 11.8 Å². The minimum atomic E-state index is 0. The molecule has 136 valence electrons. The Morgan fingerprint density at radius 2 is 2.00 bits per heavy atom. The van der Waals surface area contributed by atoms with Crippen molar-refractivity contribution in [2.24, 2.45) is 23.5 Å². The van der Waals surface area contributed by atoms with Crippen molar-refractivity contribution in [3.63, 3.8) is 0 Å². The molecule has 2 N–H and O–H groups in total. The first-order valence-corrected chi connectivity index (χ1v) is 8.93. The van der Waals surface area contributed by atoms with Crippen LogP contribution in [0.2, 0.25) is 0 Å². The van der Waals surface area contributed by atoms with Crippen LogP contribution in [0.3, 0.4) is 0 Å². The highest BCUT2D eigenvalue weighted by Crippen LogP contribution is 2.37. The molecule has 1 aromatic heterocycles. The van der Waals surface area contributed by atoms with E-state index < -0.39 is 0 Å². The van der Waals surface area contributed by atoms with Crippen LogP contribution in [-0.2, 0) is 17.8 Å². The third kappa shape index (κ3) is 3.62. The van der Waals surface area contributed by atoms with E-state index in [1.54, 1.807) is 0 Å². The molecular formula is C18H31ClN4O. The van der Waals surface area contributed by atoms with Crippen molar-refractivity contribution in [3.8, 4) is 0 Å². The summed E-state index contributed by atoms with van der Waals surface area (Å²) in [5, 5.41) is 4.63. The first-order chi connectivity index (χ1) is 10.9. The van der Waals surface area contributed by atoms with Crippen LogP contribution in [0, 0.1) is 31.6 Å². The van der Waals surface area contributed by atoms with E-state index in [1.165, 1.54) is 6.42 Å². The average molecular weight is 355 g/mol. The van der Waals surface area contributed by atoms with Crippen LogP contribution in [0.4, 0.5) is 0 Å². The summed E-state index contributed by atoms with van der Waals surface area (Å²) >= 11 is 0. The van der Waals surface area contributed by atoms with Crippen LogP contribution in [0.15, 0.2) is 0 Å². The predicted molar refractivity (Wildman–Crippen MR) is 98.3 cm³/mol. The fraction of sp³-hybridized carbons (Fsp3) is 0.778. The number of halogens is 1. The van der Waals surface area contributed by atoms with Crippen LogP contribution in [0.5, 0.6) is 0 Å². The number of amides is 1. The van der Waals surface area contributed by atoms with E-state index in [2.05, 4.69) is 30.6 Å². The minimum Gasteiger partial charge on any atom is -0.342 e. The predicted octanol–water partition coefficient (Wildman–Crippen LogP) is 2.32. The molecule has 24 heavy (non-hydrogen) atoms. The minimum absolute atomic E-state index is 0. The third-order valence-corrected chi connectivity index (χ3v) is 5.66. The van der Waals surface area contributed by atoms with Gasteiger partial charge in [-0.25, -0.2) is 0 Å². The molecule has 3 rings (SSSR count). The summed E-state index contributed by atoms with van der Waals surface area (Å²) < 4.78 is 2.05. The summed E-state index contributed by atoms with van der Waals surface area (Å²) in [5.41, 5.74) is 9.42. The highest BCUT2D eigenvalue weighted by molar-refractivity contribution is 5.85. The standard InChI is InChI=1S/C18H30N4O.ClH/c1-11(2)8-22-13(4)15(12(3)20-22)7-18(23)21-9-14-5-6-17(19)16(14)10-21;/h11,14,16-17H,5-10,19H2,1-4H3;1H. The summed E-state index contributed by atoms with van der Waals surface area (Å²) in [6, 6.07) is 0.287. The number of fused-ring (bicyclic) bond motifs is 1. The molecule has 6 heteroatoms. The lowest BCUT2D eigenvalue weighted by atomic mass is 9.98. The Labute approximate surface area is 151 Å². The zero-order valence-electron chi connectivity index (χ0n) is 15.3. The summed E-state index contributed by atoms with van der Waals surface area (Å²) in [6.07, 6.45) is 2.78. The molecule has 2 fully saturated rings. The van der Waals surface area contributed by atoms with Crippen molar-refractivity contribution >= 4 is 18.3 Å². The fourth-order valence-corrected chi connectivity index (χ4v) is 4.29. The number of aromatic nitrogens is 2. The van der Waals surface area contributed by atoms with Gasteiger partial charge in [-0.05, 0) is 44.4 Å². The Bertz CT molecular complexity index is 598. The molecule has 0 aromatic carbocycles.